The van der Waals surface area contributed by atoms with Gasteiger partial charge < -0.3 is 0 Å². The molecule has 0 bridgehead atoms. The Labute approximate surface area is 77.7 Å². The van der Waals surface area contributed by atoms with E-state index < -0.39 is 0 Å². The van der Waals surface area contributed by atoms with E-state index in [1.54, 1.807) is 0 Å². The normalized spacial score (nSPS) is 10.8. The van der Waals surface area contributed by atoms with E-state index >= 15 is 0 Å². The predicted octanol–water partition coefficient (Wildman–Crippen LogP) is 4.50. The van der Waals surface area contributed by atoms with Crippen molar-refractivity contribution >= 4 is 0 Å². The van der Waals surface area contributed by atoms with Crippen LogP contribution in [0.5, 0.6) is 0 Å². The van der Waals surface area contributed by atoms with E-state index in [2.05, 4.69) is 25.7 Å². The van der Waals surface area contributed by atoms with Crippen LogP contribution < -0.4 is 0 Å². The van der Waals surface area contributed by atoms with Gasteiger partial charge in [-0.05, 0) is 18.9 Å². The minimum atomic E-state index is 1.14. The van der Waals surface area contributed by atoms with Gasteiger partial charge in [0.05, 0.1) is 0 Å². The maximum Gasteiger partial charge on any atom is -0.0306 e. The maximum atomic E-state index is 3.71. The lowest BCUT2D eigenvalue weighted by Gasteiger charge is -1.90. The Morgan fingerprint density at radius 1 is 1.33 bits per heavy atom. The van der Waals surface area contributed by atoms with Crippen LogP contribution in [-0.2, 0) is 0 Å². The molecule has 0 saturated heterocycles. The van der Waals surface area contributed by atoms with Gasteiger partial charge in [0, 0.05) is 0 Å². The topological polar surface area (TPSA) is 0 Å². The van der Waals surface area contributed by atoms with Gasteiger partial charge in [0.2, 0.25) is 0 Å². The van der Waals surface area contributed by atoms with Crippen LogP contribution in [0, 0.1) is 0 Å². The molecule has 0 radical (unpaired) electrons. The Morgan fingerprint density at radius 2 is 1.92 bits per heavy atom. The monoisotopic (exact) mass is 166 g/mol. The Balaban J connectivity index is 0. The van der Waals surface area contributed by atoms with Crippen LogP contribution in [0.15, 0.2) is 36.5 Å². The van der Waals surface area contributed by atoms with Gasteiger partial charge in [0.15, 0.2) is 0 Å². The molecule has 0 rings (SSSR count). The average molecular weight is 166 g/mol. The highest BCUT2D eigenvalue weighted by molar-refractivity contribution is 5.28. The third-order valence-electron chi connectivity index (χ3n) is 1.26. The van der Waals surface area contributed by atoms with Crippen molar-refractivity contribution in [2.75, 3.05) is 0 Å². The summed E-state index contributed by atoms with van der Waals surface area (Å²) in [6.45, 7) is 11.9. The summed E-state index contributed by atoms with van der Waals surface area (Å²) in [6.07, 6.45) is 10.5. The molecular formula is C12H22. The lowest BCUT2D eigenvalue weighted by molar-refractivity contribution is 0.955. The zero-order chi connectivity index (χ0) is 9.82. The quantitative estimate of drug-likeness (QED) is 0.539. The molecular weight excluding hydrogens is 144 g/mol. The molecule has 0 aliphatic rings. The highest BCUT2D eigenvalue weighted by atomic mass is 13.9. The van der Waals surface area contributed by atoms with Gasteiger partial charge in [-0.15, -0.1) is 0 Å². The maximum absolute atomic E-state index is 3.71. The summed E-state index contributed by atoms with van der Waals surface area (Å²) in [5.74, 6) is 0. The molecule has 0 aromatic rings. The smallest absolute Gasteiger partial charge is 0.0306 e. The second-order valence-corrected chi connectivity index (χ2v) is 2.20. The number of unbranched alkanes of at least 4 members (excludes halogenated alkanes) is 1. The van der Waals surface area contributed by atoms with Crippen LogP contribution in [0.1, 0.15) is 40.5 Å². The van der Waals surface area contributed by atoms with Crippen LogP contribution in [-0.4, -0.2) is 0 Å². The highest BCUT2D eigenvalue weighted by Crippen LogP contribution is 2.01. The molecule has 0 atom stereocenters. The van der Waals surface area contributed by atoms with Crippen molar-refractivity contribution in [3.63, 3.8) is 0 Å². The molecule has 0 nitrogen and oxygen atoms in total. The molecule has 0 unspecified atom stereocenters. The van der Waals surface area contributed by atoms with E-state index in [1.165, 1.54) is 12.0 Å². The molecule has 0 aromatic heterocycles. The van der Waals surface area contributed by atoms with Gasteiger partial charge in [-0.2, -0.15) is 0 Å². The largest absolute Gasteiger partial charge is 0.0985 e. The SMILES string of the molecule is C=CC(/C=C/C)=C\CCC.CC. The molecule has 0 N–H and O–H groups in total. The zero-order valence-corrected chi connectivity index (χ0v) is 8.93. The Kier molecular flexibility index (Phi) is 14.8. The van der Waals surface area contributed by atoms with E-state index in [0.29, 0.717) is 0 Å². The van der Waals surface area contributed by atoms with Crippen molar-refractivity contribution in [3.8, 4) is 0 Å². The summed E-state index contributed by atoms with van der Waals surface area (Å²) in [5, 5.41) is 0. The third kappa shape index (κ3) is 9.22. The summed E-state index contributed by atoms with van der Waals surface area (Å²) < 4.78 is 0. The van der Waals surface area contributed by atoms with Gasteiger partial charge in [-0.3, -0.25) is 0 Å². The first-order valence-corrected chi connectivity index (χ1v) is 4.80. The van der Waals surface area contributed by atoms with Gasteiger partial charge in [0.25, 0.3) is 0 Å². The Bertz CT molecular complexity index is 138. The minimum Gasteiger partial charge on any atom is -0.0985 e. The van der Waals surface area contributed by atoms with Crippen molar-refractivity contribution in [1.29, 1.82) is 0 Å². The van der Waals surface area contributed by atoms with Crippen molar-refractivity contribution in [2.24, 2.45) is 0 Å². The average Bonchev–Trinajstić information content (AvgIpc) is 2.15. The summed E-state index contributed by atoms with van der Waals surface area (Å²) in [4.78, 5) is 0. The fourth-order valence-electron chi connectivity index (χ4n) is 0.723. The third-order valence-corrected chi connectivity index (χ3v) is 1.26. The standard InChI is InChI=1S/C10H16.C2H6/c1-4-7-9-10(6-3)8-5-2;1-2/h5-6,8-9H,3-4,7H2,1-2H3;1-2H3/b8-5+,10-9+;. The number of allylic oxidation sites excluding steroid dienone is 5. The molecule has 0 fully saturated rings. The van der Waals surface area contributed by atoms with Crippen LogP contribution in [0.25, 0.3) is 0 Å². The Morgan fingerprint density at radius 3 is 2.25 bits per heavy atom. The zero-order valence-electron chi connectivity index (χ0n) is 8.93. The molecule has 0 spiro atoms. The van der Waals surface area contributed by atoms with E-state index in [4.69, 9.17) is 0 Å². The van der Waals surface area contributed by atoms with E-state index in [9.17, 15) is 0 Å². The number of hydrogen-bond acceptors (Lipinski definition) is 0. The van der Waals surface area contributed by atoms with E-state index in [-0.39, 0.29) is 0 Å². The molecule has 0 aliphatic heterocycles. The van der Waals surface area contributed by atoms with Crippen LogP contribution in [0.3, 0.4) is 0 Å². The van der Waals surface area contributed by atoms with Gasteiger partial charge in [0.1, 0.15) is 0 Å². The second kappa shape index (κ2) is 12.9. The van der Waals surface area contributed by atoms with E-state index in [1.807, 2.05) is 32.9 Å². The first-order valence-electron chi connectivity index (χ1n) is 4.80. The summed E-state index contributed by atoms with van der Waals surface area (Å²) >= 11 is 0. The summed E-state index contributed by atoms with van der Waals surface area (Å²) in [7, 11) is 0. The molecule has 0 amide bonds. The molecule has 0 saturated carbocycles. The van der Waals surface area contributed by atoms with Crippen LogP contribution in [0.4, 0.5) is 0 Å². The first kappa shape index (κ1) is 13.8. The van der Waals surface area contributed by atoms with Gasteiger partial charge in [-0.1, -0.05) is 58.1 Å². The first-order chi connectivity index (χ1) is 5.85. The van der Waals surface area contributed by atoms with Crippen molar-refractivity contribution in [1.82, 2.24) is 0 Å². The van der Waals surface area contributed by atoms with Crippen molar-refractivity contribution < 1.29 is 0 Å². The number of hydrogen-bond donors (Lipinski definition) is 0. The lowest BCUT2D eigenvalue weighted by Crippen LogP contribution is -1.70. The predicted molar refractivity (Wildman–Crippen MR) is 59.4 cm³/mol. The summed E-state index contributed by atoms with van der Waals surface area (Å²) in [6, 6.07) is 0. The highest BCUT2D eigenvalue weighted by Gasteiger charge is 1.80. The fourth-order valence-corrected chi connectivity index (χ4v) is 0.723. The fraction of sp³-hybridized carbons (Fsp3) is 0.500. The van der Waals surface area contributed by atoms with Crippen molar-refractivity contribution in [3.05, 3.63) is 36.5 Å². The van der Waals surface area contributed by atoms with E-state index in [0.717, 1.165) is 6.42 Å². The van der Waals surface area contributed by atoms with Gasteiger partial charge >= 0.3 is 0 Å². The molecule has 0 heterocycles. The van der Waals surface area contributed by atoms with Crippen LogP contribution in [0.2, 0.25) is 0 Å². The second-order valence-electron chi connectivity index (χ2n) is 2.20. The molecule has 0 aromatic carbocycles. The Hall–Kier alpha value is -0.780. The minimum absolute atomic E-state index is 1.14. The molecule has 12 heavy (non-hydrogen) atoms. The lowest BCUT2D eigenvalue weighted by atomic mass is 10.2. The van der Waals surface area contributed by atoms with Crippen molar-refractivity contribution in [2.45, 2.75) is 40.5 Å². The number of rotatable bonds is 4. The van der Waals surface area contributed by atoms with Crippen LogP contribution >= 0.6 is 0 Å². The van der Waals surface area contributed by atoms with Gasteiger partial charge in [-0.25, -0.2) is 0 Å². The molecule has 70 valence electrons. The molecule has 0 heteroatoms. The summed E-state index contributed by atoms with van der Waals surface area (Å²) in [5.41, 5.74) is 1.23. The molecule has 0 aliphatic carbocycles.